The molecule has 37 nitrogen and oxygen atoms in total. The maximum atomic E-state index is 15.7. The van der Waals surface area contributed by atoms with E-state index in [2.05, 4.69) is 73.1 Å². The highest BCUT2D eigenvalue weighted by Gasteiger charge is 2.49. The first-order valence-electron chi connectivity index (χ1n) is 37.3. The summed E-state index contributed by atoms with van der Waals surface area (Å²) in [5.74, 6) is -16.2. The van der Waals surface area contributed by atoms with Gasteiger partial charge in [0.2, 0.25) is 65.0 Å². The highest BCUT2D eigenvalue weighted by atomic mass is 19.1. The number of alkyl carbamates (subject to hydrolysis) is 1. The third-order valence-electron chi connectivity index (χ3n) is 19.5. The fourth-order valence-corrected chi connectivity index (χ4v) is 13.0. The van der Waals surface area contributed by atoms with E-state index in [0.717, 1.165) is 56.7 Å². The first-order chi connectivity index (χ1) is 55.4. The van der Waals surface area contributed by atoms with Crippen LogP contribution in [0.15, 0.2) is 110 Å². The summed E-state index contributed by atoms with van der Waals surface area (Å²) in [5, 5.41) is 66.0. The number of hydrogen-bond acceptors (Lipinski definition) is 21. The number of aryl methyl sites for hydroxylation is 2. The maximum Gasteiger partial charge on any atom is 0.407 e. The Bertz CT molecular complexity index is 4530. The molecular formula is C78H98F2N16O21. The van der Waals surface area contributed by atoms with Crippen molar-refractivity contribution in [3.05, 3.63) is 155 Å². The molecule has 12 atom stereocenters. The van der Waals surface area contributed by atoms with Crippen molar-refractivity contribution in [3.63, 3.8) is 0 Å². The van der Waals surface area contributed by atoms with Gasteiger partial charge in [-0.1, -0.05) is 55.5 Å². The fraction of sp³-hybridized carbons (Fsp3) is 0.436. The van der Waals surface area contributed by atoms with Gasteiger partial charge in [0.25, 0.3) is 0 Å². The molecule has 0 aliphatic carbocycles. The number of amides is 12. The van der Waals surface area contributed by atoms with Gasteiger partial charge in [-0.15, -0.1) is 0 Å². The van der Waals surface area contributed by atoms with Crippen molar-refractivity contribution in [1.82, 2.24) is 78.0 Å². The van der Waals surface area contributed by atoms with Crippen LogP contribution in [0.25, 0.3) is 11.1 Å². The van der Waals surface area contributed by atoms with Crippen molar-refractivity contribution < 1.29 is 111 Å². The second-order valence-corrected chi connectivity index (χ2v) is 28.4. The molecule has 39 heteroatoms. The predicted molar refractivity (Wildman–Crippen MR) is 411 cm³/mol. The van der Waals surface area contributed by atoms with Gasteiger partial charge in [-0.3, -0.25) is 62.3 Å². The number of aliphatic hydroxyl groups excluding tert-OH is 2. The third-order valence-corrected chi connectivity index (χ3v) is 19.5. The number of hydrogen-bond donors (Lipinski definition) is 17. The van der Waals surface area contributed by atoms with Crippen molar-refractivity contribution >= 4 is 83.0 Å². The molecule has 630 valence electrons. The van der Waals surface area contributed by atoms with Gasteiger partial charge in [-0.2, -0.15) is 0 Å². The number of aromatic amines is 2. The summed E-state index contributed by atoms with van der Waals surface area (Å²) in [7, 11) is 2.62. The number of methoxy groups -OCH3 is 2. The van der Waals surface area contributed by atoms with E-state index in [-0.39, 0.29) is 62.3 Å². The highest BCUT2D eigenvalue weighted by molar-refractivity contribution is 6.01. The molecule has 18 N–H and O–H groups in total. The zero-order chi connectivity index (χ0) is 86.0. The summed E-state index contributed by atoms with van der Waals surface area (Å²) in [4.78, 5) is 209. The number of halogens is 2. The van der Waals surface area contributed by atoms with Crippen molar-refractivity contribution in [3.8, 4) is 22.6 Å². The summed E-state index contributed by atoms with van der Waals surface area (Å²) < 4.78 is 45.5. The molecule has 7 rings (SSSR count). The SMILES string of the molecule is CCc1cc(OC)ccc1-c1ccc(C[C@H](NC(=O)[C@H](CC(=O)O)NC(=O)[C@H](Cc2c[nH]cn2)NC(=O)[C@@H](NC(=O)C(C)(Cc2ccccc2F)NC(=O)[C@@H](NC(=O)CNC(=O)[C@H](CCC(=O)O)NC(=O)C2(C)CCCN2C(=O)[C@H](Cc2c[nH]cn2)NC(=O)OC)[C@@H](C)O)[C@@H](C)O)C(=O)N[C@@H](CCOc2ccc(F)cc2C)C(N)=O)cc1. The topological polar surface area (TPSA) is 555 Å². The number of carbonyl (C=O) groups is 14. The van der Waals surface area contributed by atoms with E-state index in [0.29, 0.717) is 29.0 Å². The lowest BCUT2D eigenvalue weighted by Gasteiger charge is -2.37. The zero-order valence-corrected chi connectivity index (χ0v) is 65.5. The van der Waals surface area contributed by atoms with Gasteiger partial charge in [0.1, 0.15) is 82.5 Å². The average molecular weight is 1630 g/mol. The second kappa shape index (κ2) is 42.4. The monoisotopic (exact) mass is 1630 g/mol. The van der Waals surface area contributed by atoms with Crippen LogP contribution in [0.1, 0.15) is 107 Å². The first-order valence-corrected chi connectivity index (χ1v) is 37.3. The number of nitrogens with zero attached hydrogens (tertiary/aromatic N) is 3. The number of aromatic nitrogens is 4. The van der Waals surface area contributed by atoms with E-state index in [9.17, 15) is 91.9 Å². The molecule has 1 aliphatic rings. The molecule has 3 heterocycles. The van der Waals surface area contributed by atoms with E-state index in [4.69, 9.17) is 19.9 Å². The van der Waals surface area contributed by atoms with Crippen LogP contribution in [-0.2, 0) is 99.2 Å². The van der Waals surface area contributed by atoms with E-state index >= 15 is 4.39 Å². The van der Waals surface area contributed by atoms with Gasteiger partial charge >= 0.3 is 18.0 Å². The van der Waals surface area contributed by atoms with E-state index < -0.39 is 205 Å². The van der Waals surface area contributed by atoms with E-state index in [1.165, 1.54) is 74.3 Å². The number of rotatable bonds is 43. The minimum absolute atomic E-state index is 0.0105. The Morgan fingerprint density at radius 2 is 1.26 bits per heavy atom. The van der Waals surface area contributed by atoms with Crippen molar-refractivity contribution in [2.45, 2.75) is 184 Å². The van der Waals surface area contributed by atoms with Gasteiger partial charge in [0.05, 0.1) is 70.0 Å². The Hall–Kier alpha value is -12.9. The predicted octanol–water partition coefficient (Wildman–Crippen LogP) is -0.226. The number of likely N-dealkylation sites (tertiary alicyclic amines) is 1. The van der Waals surface area contributed by atoms with E-state index in [1.54, 1.807) is 37.3 Å². The Kier molecular flexibility index (Phi) is 33.1. The number of aliphatic carboxylic acids is 2. The number of nitrogens with one attached hydrogen (secondary N) is 12. The Labute approximate surface area is 670 Å². The first kappa shape index (κ1) is 91.2. The van der Waals surface area contributed by atoms with Gasteiger partial charge < -0.3 is 108 Å². The van der Waals surface area contributed by atoms with Gasteiger partial charge in [0.15, 0.2) is 0 Å². The number of ether oxygens (including phenoxy) is 3. The largest absolute Gasteiger partial charge is 0.497 e. The molecule has 0 radical (unpaired) electrons. The number of primary amides is 1. The molecular weight excluding hydrogens is 1530 g/mol. The van der Waals surface area contributed by atoms with Crippen LogP contribution in [0.3, 0.4) is 0 Å². The molecule has 2 unspecified atom stereocenters. The number of carbonyl (C=O) groups excluding carboxylic acids is 12. The van der Waals surface area contributed by atoms with Crippen molar-refractivity contribution in [2.24, 2.45) is 5.73 Å². The number of benzene rings is 4. The molecule has 0 spiro atoms. The van der Waals surface area contributed by atoms with Gasteiger partial charge in [-0.25, -0.2) is 23.5 Å². The van der Waals surface area contributed by atoms with Crippen molar-refractivity contribution in [1.29, 1.82) is 0 Å². The Morgan fingerprint density at radius 3 is 1.85 bits per heavy atom. The number of imidazole rings is 2. The lowest BCUT2D eigenvalue weighted by atomic mass is 9.90. The lowest BCUT2D eigenvalue weighted by molar-refractivity contribution is -0.146. The van der Waals surface area contributed by atoms with Crippen LogP contribution < -0.4 is 68.4 Å². The molecule has 0 bridgehead atoms. The van der Waals surface area contributed by atoms with Gasteiger partial charge in [-0.05, 0) is 130 Å². The number of carboxylic acid groups (broad SMARTS) is 2. The second-order valence-electron chi connectivity index (χ2n) is 28.4. The number of aliphatic hydroxyl groups is 2. The minimum Gasteiger partial charge on any atom is -0.497 e. The summed E-state index contributed by atoms with van der Waals surface area (Å²) >= 11 is 0. The normalized spacial score (nSPS) is 16.1. The van der Waals surface area contributed by atoms with E-state index in [1.807, 2.05) is 19.1 Å². The summed E-state index contributed by atoms with van der Waals surface area (Å²) in [6.07, 6.45) is -2.85. The number of H-pyrrole nitrogens is 2. The highest BCUT2D eigenvalue weighted by Crippen LogP contribution is 2.32. The quantitative estimate of drug-likeness (QED) is 0.0235. The summed E-state index contributed by atoms with van der Waals surface area (Å²) in [6.45, 7) is 6.84. The molecule has 1 aliphatic heterocycles. The molecule has 0 saturated carbocycles. The molecule has 4 aromatic carbocycles. The zero-order valence-electron chi connectivity index (χ0n) is 65.5. The maximum absolute atomic E-state index is 15.7. The smallest absolute Gasteiger partial charge is 0.407 e. The summed E-state index contributed by atoms with van der Waals surface area (Å²) in [6, 6.07) is 6.86. The molecule has 2 aromatic heterocycles. The van der Waals surface area contributed by atoms with Crippen molar-refractivity contribution in [2.75, 3.05) is 33.9 Å². The van der Waals surface area contributed by atoms with Crippen LogP contribution in [0.4, 0.5) is 13.6 Å². The molecule has 1 fully saturated rings. The Morgan fingerprint density at radius 1 is 0.658 bits per heavy atom. The molecule has 12 amide bonds. The molecule has 1 saturated heterocycles. The third kappa shape index (κ3) is 26.0. The minimum atomic E-state index is -2.44. The van der Waals surface area contributed by atoms with Crippen LogP contribution in [0.5, 0.6) is 11.5 Å². The lowest BCUT2D eigenvalue weighted by Crippen LogP contribution is -2.67. The van der Waals surface area contributed by atoms with Crippen LogP contribution in [0.2, 0.25) is 0 Å². The fourth-order valence-electron chi connectivity index (χ4n) is 13.0. The molecule has 6 aromatic rings. The standard InChI is InChI=1S/C78H98F2N16O21/c1-9-45-31-51(115-7)20-21-52(45)46-17-15-44(16-18-46)30-56(68(106)87-54(66(81)104)25-28-117-60-23-19-48(79)29-41(60)2)88-70(108)58(34-63(102)103)89-69(107)57(32-49-36-82-39-85-49)90-71(109)64(42(3)97)94-74(112)77(5,35-47-13-10-11-14-53(47)80)95-72(110)65(43(4)98)93-61(99)38-84-67(105)55(22-24-62(100)101)91-75(113)78(6)26-12-27-96(78)73(111)59(92-76(114)116-8)33-50-37-83-40-86-50/h10-11,13-21,23,29,31,36-37,39-40,42-43,54-59,64-65,97-98H,9,12,22,24-28,30,32-35,38H2,1-8H3,(H2,81,104)(H,82,85)(H,83,86)(H,84,105)(H,87,106)(H,88,108)(H,89,107)(H,90,109)(H,91,113)(H,92,114)(H,93,99)(H,94,112)(H,95,110)(H,100,101)(H,102,103)/t42-,43-,54+,55+,56+,57+,58+,59+,64+,65+,77?,78?/m1/s1. The van der Waals surface area contributed by atoms with Gasteiger partial charge in [0, 0.05) is 57.5 Å². The number of nitrogens with two attached hydrogens (primary N) is 1. The molecule has 117 heavy (non-hydrogen) atoms. The van der Waals surface area contributed by atoms with Crippen LogP contribution in [0, 0.1) is 18.6 Å². The van der Waals surface area contributed by atoms with Crippen LogP contribution in [-0.4, -0.2) is 234 Å². The Balaban J connectivity index is 1.08. The van der Waals surface area contributed by atoms with Crippen LogP contribution >= 0.6 is 0 Å². The number of carboxylic acids is 2. The summed E-state index contributed by atoms with van der Waals surface area (Å²) in [5.41, 5.74) is 5.27. The average Bonchev–Trinajstić information content (AvgIpc) is 1.66.